The number of aromatic nitrogens is 3. The molecule has 35 heavy (non-hydrogen) atoms. The number of aliphatic carboxylic acids is 1. The number of H-pyrrole nitrogens is 1. The van der Waals surface area contributed by atoms with E-state index in [1.54, 1.807) is 17.5 Å². The van der Waals surface area contributed by atoms with Crippen LogP contribution in [-0.4, -0.2) is 72.2 Å². The van der Waals surface area contributed by atoms with E-state index in [0.29, 0.717) is 27.0 Å². The number of thioether (sulfide) groups is 2. The maximum atomic E-state index is 13.0. The van der Waals surface area contributed by atoms with E-state index in [0.717, 1.165) is 18.5 Å². The van der Waals surface area contributed by atoms with Gasteiger partial charge in [0.1, 0.15) is 28.2 Å². The first-order valence-corrected chi connectivity index (χ1v) is 13.5. The number of rotatable bonds is 10. The average molecular weight is 538 g/mol. The Balaban J connectivity index is 1.47. The Bertz CT molecular complexity index is 1170. The molecular weight excluding hydrogens is 514 g/mol. The number of fused-ring (bicyclic) bond motifs is 1. The Morgan fingerprint density at radius 3 is 2.86 bits per heavy atom. The van der Waals surface area contributed by atoms with Crippen LogP contribution in [0.15, 0.2) is 33.8 Å². The van der Waals surface area contributed by atoms with Crippen molar-refractivity contribution in [2.75, 3.05) is 11.5 Å². The van der Waals surface area contributed by atoms with E-state index in [1.807, 2.05) is 6.92 Å². The average Bonchev–Trinajstić information content (AvgIpc) is 3.51. The Hall–Kier alpha value is -3.04. The van der Waals surface area contributed by atoms with Gasteiger partial charge in [-0.1, -0.05) is 31.2 Å². The Kier molecular flexibility index (Phi) is 7.66. The lowest BCUT2D eigenvalue weighted by Crippen LogP contribution is -2.71. The largest absolute Gasteiger partial charge is 0.477 e. The molecule has 0 bridgehead atoms. The minimum Gasteiger partial charge on any atom is -0.477 e. The molecule has 0 radical (unpaired) electrons. The summed E-state index contributed by atoms with van der Waals surface area (Å²) in [5.74, 6) is -1.60. The second-order valence-corrected chi connectivity index (χ2v) is 10.8. The Morgan fingerprint density at radius 1 is 1.40 bits per heavy atom. The van der Waals surface area contributed by atoms with Gasteiger partial charge in [-0.25, -0.2) is 9.59 Å². The summed E-state index contributed by atoms with van der Waals surface area (Å²) in [7, 11) is 0. The lowest BCUT2D eigenvalue weighted by atomic mass is 10.0. The summed E-state index contributed by atoms with van der Waals surface area (Å²) in [6.07, 6.45) is 1.65. The molecule has 0 spiro atoms. The van der Waals surface area contributed by atoms with Gasteiger partial charge in [0, 0.05) is 16.4 Å². The minimum absolute atomic E-state index is 0.0673. The fraction of sp³-hybridized carbons (Fsp3) is 0.400. The molecule has 6 N–H and O–H groups in total. The molecule has 2 aromatic rings. The topological polar surface area (TPSA) is 183 Å². The molecule has 186 valence electrons. The van der Waals surface area contributed by atoms with Crippen LogP contribution in [0.2, 0.25) is 0 Å². The summed E-state index contributed by atoms with van der Waals surface area (Å²) >= 11 is 4.00. The highest BCUT2D eigenvalue weighted by molar-refractivity contribution is 8.01. The van der Waals surface area contributed by atoms with Crippen molar-refractivity contribution >= 4 is 58.7 Å². The first-order valence-electron chi connectivity index (χ1n) is 10.6. The monoisotopic (exact) mass is 537 g/mol. The number of amides is 4. The van der Waals surface area contributed by atoms with E-state index in [4.69, 9.17) is 5.73 Å². The third-order valence-electron chi connectivity index (χ3n) is 5.38. The quantitative estimate of drug-likeness (QED) is 0.218. The van der Waals surface area contributed by atoms with Gasteiger partial charge in [-0.3, -0.25) is 14.5 Å². The molecular formula is C20H23N7O5S3. The van der Waals surface area contributed by atoms with Gasteiger partial charge in [0.25, 0.3) is 5.91 Å². The van der Waals surface area contributed by atoms with Gasteiger partial charge in [0.2, 0.25) is 5.91 Å². The minimum atomic E-state index is -1.20. The lowest BCUT2D eigenvalue weighted by molar-refractivity contribution is -0.150. The molecule has 0 saturated carbocycles. The zero-order valence-corrected chi connectivity index (χ0v) is 21.0. The number of β-lactam (4-membered cyclic amide) rings is 1. The smallest absolute Gasteiger partial charge is 0.352 e. The highest BCUT2D eigenvalue weighted by Gasteiger charge is 2.54. The van der Waals surface area contributed by atoms with Crippen molar-refractivity contribution in [1.29, 1.82) is 0 Å². The summed E-state index contributed by atoms with van der Waals surface area (Å²) in [4.78, 5) is 51.1. The van der Waals surface area contributed by atoms with Crippen molar-refractivity contribution in [3.05, 3.63) is 39.4 Å². The fourth-order valence-corrected chi connectivity index (χ4v) is 7.03. The number of carboxylic acid groups (broad SMARTS) is 1. The number of thiophene rings is 1. The third kappa shape index (κ3) is 5.16. The van der Waals surface area contributed by atoms with Gasteiger partial charge in [-0.15, -0.1) is 28.2 Å². The standard InChI is InChI=1S/C20H23N7O5S3/c1-2-4-10-16(25-26-24-10)34-7-9-8-35-18-13(17(29)27(18)14(9)19(30)31)22-15(28)12(23-20(21)32)11-5-3-6-33-11/h3,5-6,12-13,18H,2,4,7-8H2,1H3,(H,22,28)(H,30,31)(H3,21,23,32)(H,24,25,26)/t12?,13-,18?/m0/s1. The molecule has 12 nitrogen and oxygen atoms in total. The molecule has 2 aromatic heterocycles. The second kappa shape index (κ2) is 10.7. The summed E-state index contributed by atoms with van der Waals surface area (Å²) in [5.41, 5.74) is 6.57. The molecule has 0 aliphatic carbocycles. The Labute approximate surface area is 212 Å². The number of urea groups is 1. The predicted octanol–water partition coefficient (Wildman–Crippen LogP) is 1.06. The van der Waals surface area contributed by atoms with E-state index < -0.39 is 41.3 Å². The highest BCUT2D eigenvalue weighted by Crippen LogP contribution is 2.42. The molecule has 4 amide bonds. The van der Waals surface area contributed by atoms with Gasteiger partial charge >= 0.3 is 12.0 Å². The molecule has 2 aliphatic rings. The van der Waals surface area contributed by atoms with Crippen LogP contribution < -0.4 is 16.4 Å². The summed E-state index contributed by atoms with van der Waals surface area (Å²) in [5, 5.41) is 27.7. The molecule has 4 heterocycles. The molecule has 2 unspecified atom stereocenters. The van der Waals surface area contributed by atoms with Crippen molar-refractivity contribution < 1.29 is 24.3 Å². The van der Waals surface area contributed by atoms with Crippen molar-refractivity contribution in [3.63, 3.8) is 0 Å². The maximum absolute atomic E-state index is 13.0. The van der Waals surface area contributed by atoms with E-state index in [2.05, 4.69) is 26.0 Å². The summed E-state index contributed by atoms with van der Waals surface area (Å²) < 4.78 is 0. The van der Waals surface area contributed by atoms with E-state index in [1.165, 1.54) is 39.8 Å². The number of nitrogens with zero attached hydrogens (tertiary/aromatic N) is 3. The SMILES string of the molecule is CCCc1n[nH]nc1SCC1=C(C(=O)O)N2C(=O)[C@H](NC(=O)C(NC(N)=O)c3cccs3)C2SC1. The number of carbonyl (C=O) groups excluding carboxylic acids is 3. The van der Waals surface area contributed by atoms with Crippen LogP contribution in [0.4, 0.5) is 4.79 Å². The number of primary amides is 1. The molecule has 2 aliphatic heterocycles. The molecule has 1 fully saturated rings. The zero-order valence-electron chi connectivity index (χ0n) is 18.5. The van der Waals surface area contributed by atoms with Gasteiger partial charge in [-0.05, 0) is 23.4 Å². The van der Waals surface area contributed by atoms with Crippen LogP contribution in [0.1, 0.15) is 30.0 Å². The van der Waals surface area contributed by atoms with Crippen LogP contribution >= 0.6 is 34.9 Å². The maximum Gasteiger partial charge on any atom is 0.352 e. The van der Waals surface area contributed by atoms with Crippen LogP contribution in [0, 0.1) is 0 Å². The number of aromatic amines is 1. The van der Waals surface area contributed by atoms with Crippen LogP contribution in [0.25, 0.3) is 0 Å². The normalized spacial score (nSPS) is 20.1. The number of nitrogens with two attached hydrogens (primary N) is 1. The first-order chi connectivity index (χ1) is 16.8. The Morgan fingerprint density at radius 2 is 2.20 bits per heavy atom. The van der Waals surface area contributed by atoms with Gasteiger partial charge in [0.05, 0.1) is 5.69 Å². The first kappa shape index (κ1) is 25.1. The highest BCUT2D eigenvalue weighted by atomic mass is 32.2. The summed E-state index contributed by atoms with van der Waals surface area (Å²) in [6, 6.07) is 0.554. The fourth-order valence-electron chi connectivity index (χ4n) is 3.81. The number of hydrogen-bond donors (Lipinski definition) is 5. The molecule has 4 rings (SSSR count). The predicted molar refractivity (Wildman–Crippen MR) is 131 cm³/mol. The second-order valence-electron chi connectivity index (χ2n) is 7.72. The number of aryl methyl sites for hydroxylation is 1. The van der Waals surface area contributed by atoms with Gasteiger partial charge in [-0.2, -0.15) is 10.3 Å². The molecule has 1 saturated heterocycles. The molecule has 3 atom stereocenters. The van der Waals surface area contributed by atoms with Gasteiger partial charge < -0.3 is 21.5 Å². The van der Waals surface area contributed by atoms with Crippen LogP contribution in [0.5, 0.6) is 0 Å². The number of hydrogen-bond acceptors (Lipinski definition) is 9. The van der Waals surface area contributed by atoms with Crippen LogP contribution in [0.3, 0.4) is 0 Å². The zero-order chi connectivity index (χ0) is 25.1. The van der Waals surface area contributed by atoms with E-state index in [9.17, 15) is 24.3 Å². The summed E-state index contributed by atoms with van der Waals surface area (Å²) in [6.45, 7) is 2.03. The molecule has 15 heteroatoms. The molecule has 0 aromatic carbocycles. The third-order valence-corrected chi connectivity index (χ3v) is 8.75. The van der Waals surface area contributed by atoms with Crippen molar-refractivity contribution in [3.8, 4) is 0 Å². The number of carbonyl (C=O) groups is 4. The van der Waals surface area contributed by atoms with E-state index in [-0.39, 0.29) is 5.70 Å². The van der Waals surface area contributed by atoms with E-state index >= 15 is 0 Å². The lowest BCUT2D eigenvalue weighted by Gasteiger charge is -2.49. The van der Waals surface area contributed by atoms with Crippen LogP contribution in [-0.2, 0) is 20.8 Å². The van der Waals surface area contributed by atoms with Gasteiger partial charge in [0.15, 0.2) is 0 Å². The van der Waals surface area contributed by atoms with Crippen molar-refractivity contribution in [2.45, 2.75) is 42.2 Å². The number of carboxylic acids is 1. The van der Waals surface area contributed by atoms with Crippen molar-refractivity contribution in [2.24, 2.45) is 5.73 Å². The number of nitrogens with one attached hydrogen (secondary N) is 3. The van der Waals surface area contributed by atoms with Crippen molar-refractivity contribution in [1.82, 2.24) is 30.9 Å².